The number of amides is 1. The van der Waals surface area contributed by atoms with Crippen LogP contribution in [-0.4, -0.2) is 35.0 Å². The van der Waals surface area contributed by atoms with Gasteiger partial charge in [0.05, 0.1) is 13.1 Å². The van der Waals surface area contributed by atoms with Crippen molar-refractivity contribution < 1.29 is 13.7 Å². The Hall–Kier alpha value is -2.86. The maximum atomic E-state index is 12.5. The lowest BCUT2D eigenvalue weighted by molar-refractivity contribution is 0.0764. The largest absolute Gasteiger partial charge is 0.464 e. The third kappa shape index (κ3) is 4.61. The van der Waals surface area contributed by atoms with Crippen molar-refractivity contribution in [2.24, 2.45) is 0 Å². The number of nitrogens with zero attached hydrogens (tertiary/aromatic N) is 3. The van der Waals surface area contributed by atoms with E-state index in [-0.39, 0.29) is 5.91 Å². The number of aromatic nitrogens is 1. The monoisotopic (exact) mass is 353 g/mol. The lowest BCUT2D eigenvalue weighted by Crippen LogP contribution is -2.26. The summed E-state index contributed by atoms with van der Waals surface area (Å²) in [7, 11) is 3.72. The van der Waals surface area contributed by atoms with E-state index in [1.807, 2.05) is 44.3 Å². The summed E-state index contributed by atoms with van der Waals surface area (Å²) < 4.78 is 10.8. The Morgan fingerprint density at radius 1 is 1.00 bits per heavy atom. The van der Waals surface area contributed by atoms with E-state index < -0.39 is 0 Å². The molecule has 26 heavy (non-hydrogen) atoms. The Morgan fingerprint density at radius 2 is 1.77 bits per heavy atom. The van der Waals surface area contributed by atoms with Crippen molar-refractivity contribution in [3.05, 3.63) is 77.1 Å². The molecular formula is C20H23N3O3. The van der Waals surface area contributed by atoms with Gasteiger partial charge in [0.25, 0.3) is 5.91 Å². The zero-order chi connectivity index (χ0) is 18.5. The van der Waals surface area contributed by atoms with E-state index in [9.17, 15) is 4.79 Å². The SMILES string of the molecule is Cc1ccc(CN(C)C(=O)c2cc(CN(C)Cc3ccccc3)on2)o1. The van der Waals surface area contributed by atoms with Gasteiger partial charge in [-0.2, -0.15) is 0 Å². The molecule has 0 spiro atoms. The quantitative estimate of drug-likeness (QED) is 0.651. The van der Waals surface area contributed by atoms with E-state index in [0.29, 0.717) is 24.5 Å². The van der Waals surface area contributed by atoms with Crippen molar-refractivity contribution in [3.63, 3.8) is 0 Å². The second kappa shape index (κ2) is 8.01. The van der Waals surface area contributed by atoms with Crippen molar-refractivity contribution in [3.8, 4) is 0 Å². The molecule has 0 saturated carbocycles. The van der Waals surface area contributed by atoms with Crippen molar-refractivity contribution in [2.75, 3.05) is 14.1 Å². The average molecular weight is 353 g/mol. The number of aryl methyl sites for hydroxylation is 1. The van der Waals surface area contributed by atoms with E-state index in [1.165, 1.54) is 5.56 Å². The fraction of sp³-hybridized carbons (Fsp3) is 0.300. The average Bonchev–Trinajstić information content (AvgIpc) is 3.24. The van der Waals surface area contributed by atoms with Crippen LogP contribution in [0.4, 0.5) is 0 Å². The zero-order valence-corrected chi connectivity index (χ0v) is 15.3. The number of carbonyl (C=O) groups excluding carboxylic acids is 1. The maximum absolute atomic E-state index is 12.5. The van der Waals surface area contributed by atoms with Crippen LogP contribution in [0.3, 0.4) is 0 Å². The third-order valence-electron chi connectivity index (χ3n) is 4.03. The minimum absolute atomic E-state index is 0.195. The molecule has 6 nitrogen and oxygen atoms in total. The molecule has 0 bridgehead atoms. The third-order valence-corrected chi connectivity index (χ3v) is 4.03. The second-order valence-electron chi connectivity index (χ2n) is 6.51. The molecule has 6 heteroatoms. The first-order valence-electron chi connectivity index (χ1n) is 8.50. The summed E-state index contributed by atoms with van der Waals surface area (Å²) in [6.07, 6.45) is 0. The van der Waals surface area contributed by atoms with Crippen molar-refractivity contribution >= 4 is 5.91 Å². The smallest absolute Gasteiger partial charge is 0.276 e. The molecule has 1 amide bonds. The van der Waals surface area contributed by atoms with Crippen molar-refractivity contribution in [1.29, 1.82) is 0 Å². The fourth-order valence-electron chi connectivity index (χ4n) is 2.78. The molecule has 0 aliphatic carbocycles. The van der Waals surface area contributed by atoms with Gasteiger partial charge >= 0.3 is 0 Å². The second-order valence-corrected chi connectivity index (χ2v) is 6.51. The first-order valence-corrected chi connectivity index (χ1v) is 8.50. The Bertz CT molecular complexity index is 854. The van der Waals surface area contributed by atoms with Gasteiger partial charge in [-0.25, -0.2) is 0 Å². The number of furan rings is 1. The van der Waals surface area contributed by atoms with Gasteiger partial charge < -0.3 is 13.8 Å². The van der Waals surface area contributed by atoms with Crippen LogP contribution >= 0.6 is 0 Å². The number of benzene rings is 1. The van der Waals surface area contributed by atoms with E-state index in [1.54, 1.807) is 18.0 Å². The predicted octanol–water partition coefficient (Wildman–Crippen LogP) is 3.48. The molecule has 2 heterocycles. The van der Waals surface area contributed by atoms with Crippen LogP contribution < -0.4 is 0 Å². The number of rotatable bonds is 7. The van der Waals surface area contributed by atoms with Gasteiger partial charge in [-0.1, -0.05) is 35.5 Å². The van der Waals surface area contributed by atoms with Crippen molar-refractivity contribution in [2.45, 2.75) is 26.6 Å². The van der Waals surface area contributed by atoms with E-state index in [0.717, 1.165) is 18.1 Å². The van der Waals surface area contributed by atoms with Crippen LogP contribution in [0.5, 0.6) is 0 Å². The Kier molecular flexibility index (Phi) is 5.53. The summed E-state index contributed by atoms with van der Waals surface area (Å²) in [5.41, 5.74) is 1.53. The Balaban J connectivity index is 1.57. The first kappa shape index (κ1) is 17.9. The Labute approximate surface area is 153 Å². The molecule has 136 valence electrons. The summed E-state index contributed by atoms with van der Waals surface area (Å²) in [6.45, 7) is 3.64. The van der Waals surface area contributed by atoms with Crippen LogP contribution in [0, 0.1) is 6.92 Å². The van der Waals surface area contributed by atoms with Crippen LogP contribution in [0.25, 0.3) is 0 Å². The van der Waals surface area contributed by atoms with Crippen LogP contribution in [-0.2, 0) is 19.6 Å². The summed E-state index contributed by atoms with van der Waals surface area (Å²) in [6, 6.07) is 15.6. The van der Waals surface area contributed by atoms with Gasteiger partial charge in [0.1, 0.15) is 11.5 Å². The summed E-state index contributed by atoms with van der Waals surface area (Å²) >= 11 is 0. The summed E-state index contributed by atoms with van der Waals surface area (Å²) in [5, 5.41) is 3.92. The highest BCUT2D eigenvalue weighted by atomic mass is 16.5. The highest BCUT2D eigenvalue weighted by Crippen LogP contribution is 2.13. The molecule has 3 aromatic rings. The molecule has 0 saturated heterocycles. The predicted molar refractivity (Wildman–Crippen MR) is 97.4 cm³/mol. The molecule has 0 unspecified atom stereocenters. The van der Waals surface area contributed by atoms with E-state index in [4.69, 9.17) is 8.94 Å². The van der Waals surface area contributed by atoms with Crippen LogP contribution in [0.2, 0.25) is 0 Å². The maximum Gasteiger partial charge on any atom is 0.276 e. The number of hydrogen-bond acceptors (Lipinski definition) is 5. The molecule has 2 aromatic heterocycles. The number of hydrogen-bond donors (Lipinski definition) is 0. The molecule has 0 aliphatic heterocycles. The molecular weight excluding hydrogens is 330 g/mol. The van der Waals surface area contributed by atoms with E-state index in [2.05, 4.69) is 22.2 Å². The number of carbonyl (C=O) groups is 1. The van der Waals surface area contributed by atoms with Gasteiger partial charge in [-0.05, 0) is 31.7 Å². The van der Waals surface area contributed by atoms with Crippen molar-refractivity contribution in [1.82, 2.24) is 15.0 Å². The fourth-order valence-corrected chi connectivity index (χ4v) is 2.78. The molecule has 3 rings (SSSR count). The van der Waals surface area contributed by atoms with Gasteiger partial charge in [0, 0.05) is 19.7 Å². The van der Waals surface area contributed by atoms with Crippen LogP contribution in [0.1, 0.15) is 33.3 Å². The van der Waals surface area contributed by atoms with Gasteiger partial charge in [-0.15, -0.1) is 0 Å². The molecule has 0 radical (unpaired) electrons. The molecule has 1 aromatic carbocycles. The normalized spacial score (nSPS) is 11.1. The molecule has 0 N–H and O–H groups in total. The lowest BCUT2D eigenvalue weighted by atomic mass is 10.2. The minimum atomic E-state index is -0.195. The van der Waals surface area contributed by atoms with Gasteiger partial charge in [-0.3, -0.25) is 9.69 Å². The first-order chi connectivity index (χ1) is 12.5. The van der Waals surface area contributed by atoms with Gasteiger partial charge in [0.2, 0.25) is 0 Å². The lowest BCUT2D eigenvalue weighted by Gasteiger charge is -2.14. The van der Waals surface area contributed by atoms with Crippen LogP contribution in [0.15, 0.2) is 57.5 Å². The Morgan fingerprint density at radius 3 is 2.46 bits per heavy atom. The minimum Gasteiger partial charge on any atom is -0.464 e. The summed E-state index contributed by atoms with van der Waals surface area (Å²) in [4.78, 5) is 16.2. The summed E-state index contributed by atoms with van der Waals surface area (Å²) in [5.74, 6) is 2.03. The topological polar surface area (TPSA) is 62.7 Å². The van der Waals surface area contributed by atoms with E-state index >= 15 is 0 Å². The highest BCUT2D eigenvalue weighted by Gasteiger charge is 2.18. The zero-order valence-electron chi connectivity index (χ0n) is 15.3. The van der Waals surface area contributed by atoms with Gasteiger partial charge in [0.15, 0.2) is 11.5 Å². The molecule has 0 aliphatic rings. The highest BCUT2D eigenvalue weighted by molar-refractivity contribution is 5.92. The standard InChI is InChI=1S/C20H23N3O3/c1-15-9-10-17(25-15)14-23(3)20(24)19-11-18(26-21-19)13-22(2)12-16-7-5-4-6-8-16/h4-11H,12-14H2,1-3H3. The molecule has 0 fully saturated rings. The molecule has 0 atom stereocenters.